The molecule has 0 aromatic carbocycles. The topological polar surface area (TPSA) is 51.0 Å². The van der Waals surface area contributed by atoms with E-state index in [2.05, 4.69) is 22.2 Å². The summed E-state index contributed by atoms with van der Waals surface area (Å²) in [5.41, 5.74) is 1.04. The van der Waals surface area contributed by atoms with Gasteiger partial charge in [0.1, 0.15) is 5.82 Å². The molecule has 0 saturated carbocycles. The van der Waals surface area contributed by atoms with E-state index in [0.717, 1.165) is 17.9 Å². The van der Waals surface area contributed by atoms with Crippen molar-refractivity contribution in [2.45, 2.75) is 13.0 Å². The van der Waals surface area contributed by atoms with Crippen LogP contribution in [-0.2, 0) is 0 Å². The van der Waals surface area contributed by atoms with Crippen molar-refractivity contribution in [2.24, 2.45) is 0 Å². The van der Waals surface area contributed by atoms with E-state index in [1.165, 1.54) is 0 Å². The molecule has 0 aliphatic rings. The Morgan fingerprint density at radius 3 is 2.80 bits per heavy atom. The molecular formula is C11H13N3O. The lowest BCUT2D eigenvalue weighted by atomic mass is 10.1. The molecule has 2 heterocycles. The summed E-state index contributed by atoms with van der Waals surface area (Å²) in [6.07, 6.45) is 6.85. The van der Waals surface area contributed by atoms with Crippen LogP contribution in [-0.4, -0.2) is 16.5 Å². The zero-order valence-electron chi connectivity index (χ0n) is 8.55. The monoisotopic (exact) mass is 203 g/mol. The van der Waals surface area contributed by atoms with Gasteiger partial charge in [0.25, 0.3) is 0 Å². The first-order valence-electron chi connectivity index (χ1n) is 4.94. The van der Waals surface area contributed by atoms with Gasteiger partial charge in [-0.15, -0.1) is 0 Å². The number of hydrogen-bond acceptors (Lipinski definition) is 4. The van der Waals surface area contributed by atoms with Gasteiger partial charge in [-0.3, -0.25) is 0 Å². The standard InChI is InChI=1S/C11H13N3O/c1-2-12-10(9-4-7-15-8-9)11-13-5-3-6-14-11/h3-8,10,12H,2H2,1H3. The van der Waals surface area contributed by atoms with E-state index in [4.69, 9.17) is 4.42 Å². The number of rotatable bonds is 4. The summed E-state index contributed by atoms with van der Waals surface area (Å²) in [6, 6.07) is 3.74. The minimum absolute atomic E-state index is 0.00921. The highest BCUT2D eigenvalue weighted by Crippen LogP contribution is 2.18. The molecule has 2 aromatic heterocycles. The molecule has 0 radical (unpaired) electrons. The molecule has 1 unspecified atom stereocenters. The van der Waals surface area contributed by atoms with Crippen LogP contribution in [0, 0.1) is 0 Å². The van der Waals surface area contributed by atoms with Crippen LogP contribution in [0.2, 0.25) is 0 Å². The second-order valence-electron chi connectivity index (χ2n) is 3.15. The van der Waals surface area contributed by atoms with Gasteiger partial charge < -0.3 is 9.73 Å². The number of nitrogens with one attached hydrogen (secondary N) is 1. The zero-order valence-corrected chi connectivity index (χ0v) is 8.55. The maximum atomic E-state index is 5.07. The van der Waals surface area contributed by atoms with Gasteiger partial charge in [0.2, 0.25) is 0 Å². The SMILES string of the molecule is CCNC(c1ccoc1)c1ncccn1. The van der Waals surface area contributed by atoms with E-state index < -0.39 is 0 Å². The number of aromatic nitrogens is 2. The maximum absolute atomic E-state index is 5.07. The zero-order chi connectivity index (χ0) is 10.5. The maximum Gasteiger partial charge on any atom is 0.149 e. The van der Waals surface area contributed by atoms with Crippen molar-refractivity contribution in [1.29, 1.82) is 0 Å². The van der Waals surface area contributed by atoms with E-state index >= 15 is 0 Å². The second kappa shape index (κ2) is 4.70. The van der Waals surface area contributed by atoms with Gasteiger partial charge in [-0.2, -0.15) is 0 Å². The first-order chi connectivity index (χ1) is 7.42. The molecule has 0 saturated heterocycles. The lowest BCUT2D eigenvalue weighted by Gasteiger charge is -2.13. The molecule has 4 heteroatoms. The van der Waals surface area contributed by atoms with Crippen molar-refractivity contribution in [3.05, 3.63) is 48.4 Å². The number of furan rings is 1. The average Bonchev–Trinajstić information content (AvgIpc) is 2.80. The normalized spacial score (nSPS) is 12.6. The van der Waals surface area contributed by atoms with Crippen molar-refractivity contribution >= 4 is 0 Å². The molecule has 0 spiro atoms. The van der Waals surface area contributed by atoms with Gasteiger partial charge >= 0.3 is 0 Å². The molecule has 0 aliphatic carbocycles. The van der Waals surface area contributed by atoms with E-state index in [9.17, 15) is 0 Å². The van der Waals surface area contributed by atoms with E-state index in [0.29, 0.717) is 0 Å². The molecule has 0 amide bonds. The average molecular weight is 203 g/mol. The highest BCUT2D eigenvalue weighted by molar-refractivity contribution is 5.19. The summed E-state index contributed by atoms with van der Waals surface area (Å²) >= 11 is 0. The molecule has 0 bridgehead atoms. The number of hydrogen-bond donors (Lipinski definition) is 1. The van der Waals surface area contributed by atoms with Crippen molar-refractivity contribution in [3.8, 4) is 0 Å². The summed E-state index contributed by atoms with van der Waals surface area (Å²) in [5.74, 6) is 0.765. The van der Waals surface area contributed by atoms with Crippen LogP contribution in [0.4, 0.5) is 0 Å². The van der Waals surface area contributed by atoms with Crippen LogP contribution in [0.3, 0.4) is 0 Å². The summed E-state index contributed by atoms with van der Waals surface area (Å²) in [7, 11) is 0. The molecule has 1 N–H and O–H groups in total. The predicted octanol–water partition coefficient (Wildman–Crippen LogP) is 1.77. The molecule has 4 nitrogen and oxygen atoms in total. The lowest BCUT2D eigenvalue weighted by molar-refractivity contribution is 0.546. The lowest BCUT2D eigenvalue weighted by Crippen LogP contribution is -2.23. The minimum Gasteiger partial charge on any atom is -0.472 e. The largest absolute Gasteiger partial charge is 0.472 e. The third-order valence-electron chi connectivity index (χ3n) is 2.13. The van der Waals surface area contributed by atoms with E-state index in [1.54, 1.807) is 24.9 Å². The fourth-order valence-electron chi connectivity index (χ4n) is 1.46. The highest BCUT2D eigenvalue weighted by atomic mass is 16.3. The minimum atomic E-state index is 0.00921. The van der Waals surface area contributed by atoms with E-state index in [-0.39, 0.29) is 6.04 Å². The Labute approximate surface area is 88.4 Å². The van der Waals surface area contributed by atoms with Crippen molar-refractivity contribution < 1.29 is 4.42 Å². The summed E-state index contributed by atoms with van der Waals surface area (Å²) < 4.78 is 5.07. The molecule has 2 rings (SSSR count). The predicted molar refractivity (Wildman–Crippen MR) is 56.3 cm³/mol. The first-order valence-corrected chi connectivity index (χ1v) is 4.94. The third kappa shape index (κ3) is 2.22. The summed E-state index contributed by atoms with van der Waals surface area (Å²) in [4.78, 5) is 8.48. The van der Waals surface area contributed by atoms with Gasteiger partial charge in [-0.1, -0.05) is 6.92 Å². The molecule has 1 atom stereocenters. The van der Waals surface area contributed by atoms with Crippen LogP contribution in [0.25, 0.3) is 0 Å². The molecular weight excluding hydrogens is 190 g/mol. The van der Waals surface area contributed by atoms with Crippen LogP contribution >= 0.6 is 0 Å². The Kier molecular flexibility index (Phi) is 3.09. The van der Waals surface area contributed by atoms with Crippen LogP contribution in [0.15, 0.2) is 41.5 Å². The fourth-order valence-corrected chi connectivity index (χ4v) is 1.46. The number of nitrogens with zero attached hydrogens (tertiary/aromatic N) is 2. The Hall–Kier alpha value is -1.68. The fraction of sp³-hybridized carbons (Fsp3) is 0.273. The molecule has 0 aliphatic heterocycles. The van der Waals surface area contributed by atoms with Gasteiger partial charge in [-0.25, -0.2) is 9.97 Å². The van der Waals surface area contributed by atoms with Gasteiger partial charge in [0, 0.05) is 18.0 Å². The van der Waals surface area contributed by atoms with Crippen molar-refractivity contribution in [1.82, 2.24) is 15.3 Å². The Bertz CT molecular complexity index is 385. The molecule has 2 aromatic rings. The summed E-state index contributed by atoms with van der Waals surface area (Å²) in [6.45, 7) is 2.91. The Morgan fingerprint density at radius 1 is 1.40 bits per heavy atom. The van der Waals surface area contributed by atoms with Gasteiger partial charge in [0.05, 0.1) is 18.6 Å². The smallest absolute Gasteiger partial charge is 0.149 e. The van der Waals surface area contributed by atoms with Crippen LogP contribution in [0.5, 0.6) is 0 Å². The van der Waals surface area contributed by atoms with Gasteiger partial charge in [-0.05, 0) is 18.7 Å². The summed E-state index contributed by atoms with van der Waals surface area (Å²) in [5, 5.41) is 3.32. The van der Waals surface area contributed by atoms with Crippen LogP contribution in [0.1, 0.15) is 24.4 Å². The highest BCUT2D eigenvalue weighted by Gasteiger charge is 2.15. The van der Waals surface area contributed by atoms with Crippen molar-refractivity contribution in [3.63, 3.8) is 0 Å². The Morgan fingerprint density at radius 2 is 2.20 bits per heavy atom. The third-order valence-corrected chi connectivity index (χ3v) is 2.13. The van der Waals surface area contributed by atoms with E-state index in [1.807, 2.05) is 12.1 Å². The first kappa shape index (κ1) is 9.86. The van der Waals surface area contributed by atoms with Crippen molar-refractivity contribution in [2.75, 3.05) is 6.54 Å². The molecule has 78 valence electrons. The molecule has 0 fully saturated rings. The van der Waals surface area contributed by atoms with Crippen LogP contribution < -0.4 is 5.32 Å². The Balaban J connectivity index is 2.28. The second-order valence-corrected chi connectivity index (χ2v) is 3.15. The molecule has 15 heavy (non-hydrogen) atoms. The van der Waals surface area contributed by atoms with Gasteiger partial charge in [0.15, 0.2) is 0 Å². The quantitative estimate of drug-likeness (QED) is 0.822.